The lowest BCUT2D eigenvalue weighted by molar-refractivity contribution is -0.145. The highest BCUT2D eigenvalue weighted by Gasteiger charge is 2.48. The highest BCUT2D eigenvalue weighted by Crippen LogP contribution is 2.46. The zero-order valence-corrected chi connectivity index (χ0v) is 17.6. The maximum Gasteiger partial charge on any atom is 0.270 e. The Balaban J connectivity index is 1.39. The summed E-state index contributed by atoms with van der Waals surface area (Å²) in [5.74, 6) is 0.742. The summed E-state index contributed by atoms with van der Waals surface area (Å²) >= 11 is 0. The van der Waals surface area contributed by atoms with Crippen molar-refractivity contribution in [2.45, 2.75) is 37.3 Å². The molecule has 0 spiro atoms. The first-order valence-electron chi connectivity index (χ1n) is 10.3. The van der Waals surface area contributed by atoms with Gasteiger partial charge in [-0.1, -0.05) is 6.58 Å². The van der Waals surface area contributed by atoms with Crippen molar-refractivity contribution in [3.8, 4) is 11.1 Å². The summed E-state index contributed by atoms with van der Waals surface area (Å²) in [6.07, 6.45) is 9.72. The van der Waals surface area contributed by atoms with Crippen molar-refractivity contribution in [2.24, 2.45) is 12.0 Å². The van der Waals surface area contributed by atoms with Gasteiger partial charge < -0.3 is 16.0 Å². The van der Waals surface area contributed by atoms with Gasteiger partial charge in [0.15, 0.2) is 5.65 Å². The van der Waals surface area contributed by atoms with Crippen LogP contribution in [0.4, 0.5) is 5.82 Å². The molecule has 10 heteroatoms. The first kappa shape index (κ1) is 19.3. The Kier molecular flexibility index (Phi) is 4.49. The van der Waals surface area contributed by atoms with Crippen LogP contribution in [-0.2, 0) is 11.8 Å². The van der Waals surface area contributed by atoms with Gasteiger partial charge in [0.05, 0.1) is 24.4 Å². The van der Waals surface area contributed by atoms with Gasteiger partial charge in [0, 0.05) is 61.2 Å². The number of nitrogens with two attached hydrogens (primary N) is 1. The number of nitrogens with zero attached hydrogens (tertiary/aromatic N) is 7. The zero-order chi connectivity index (χ0) is 21.7. The minimum absolute atomic E-state index is 0.0582. The van der Waals surface area contributed by atoms with Crippen molar-refractivity contribution in [3.63, 3.8) is 0 Å². The van der Waals surface area contributed by atoms with Crippen molar-refractivity contribution in [2.75, 3.05) is 12.8 Å². The van der Waals surface area contributed by atoms with E-state index < -0.39 is 0 Å². The van der Waals surface area contributed by atoms with Gasteiger partial charge in [0.2, 0.25) is 0 Å². The van der Waals surface area contributed by atoms with E-state index >= 15 is 0 Å². The second-order valence-corrected chi connectivity index (χ2v) is 8.24. The molecule has 31 heavy (non-hydrogen) atoms. The molecule has 1 unspecified atom stereocenters. The van der Waals surface area contributed by atoms with Crippen molar-refractivity contribution in [3.05, 3.63) is 42.6 Å². The lowest BCUT2D eigenvalue weighted by Gasteiger charge is -2.55. The average Bonchev–Trinajstić information content (AvgIpc) is 3.38. The van der Waals surface area contributed by atoms with E-state index in [0.717, 1.165) is 41.7 Å². The Labute approximate surface area is 179 Å². The SMILES string of the molecule is C=C(NC=NC)C(=O)N1[C@@H]2CC(c3cc(N)n4ncc(-c5cnn(C)c5)c4n3)C[C@H]1C2. The third kappa shape index (κ3) is 3.15. The molecule has 2 bridgehead atoms. The molecule has 1 saturated carbocycles. The molecular weight excluding hydrogens is 394 g/mol. The summed E-state index contributed by atoms with van der Waals surface area (Å²) in [7, 11) is 3.52. The van der Waals surface area contributed by atoms with Crippen LogP contribution in [0, 0.1) is 0 Å². The highest BCUT2D eigenvalue weighted by molar-refractivity contribution is 5.95. The fourth-order valence-electron chi connectivity index (χ4n) is 4.79. The quantitative estimate of drug-likeness (QED) is 0.366. The predicted octanol–water partition coefficient (Wildman–Crippen LogP) is 1.32. The molecule has 3 aliphatic rings. The molecule has 160 valence electrons. The molecule has 1 amide bonds. The summed E-state index contributed by atoms with van der Waals surface area (Å²) in [4.78, 5) is 23.5. The molecule has 0 radical (unpaired) electrons. The number of piperidine rings is 1. The second kappa shape index (κ2) is 7.22. The number of fused-ring (bicyclic) bond motifs is 3. The molecule has 10 nitrogen and oxygen atoms in total. The van der Waals surface area contributed by atoms with E-state index in [1.807, 2.05) is 24.2 Å². The number of aromatic nitrogens is 5. The fraction of sp³-hybridized carbons (Fsp3) is 0.381. The summed E-state index contributed by atoms with van der Waals surface area (Å²) < 4.78 is 3.41. The van der Waals surface area contributed by atoms with Crippen LogP contribution >= 0.6 is 0 Å². The van der Waals surface area contributed by atoms with E-state index in [1.54, 1.807) is 28.6 Å². The average molecular weight is 419 g/mol. The minimum atomic E-state index is -0.0582. The van der Waals surface area contributed by atoms with Crippen LogP contribution in [0.15, 0.2) is 41.9 Å². The maximum absolute atomic E-state index is 12.7. The highest BCUT2D eigenvalue weighted by atomic mass is 16.2. The molecule has 3 N–H and O–H groups in total. The predicted molar refractivity (Wildman–Crippen MR) is 117 cm³/mol. The Bertz CT molecular complexity index is 1190. The van der Waals surface area contributed by atoms with Crippen LogP contribution in [-0.4, -0.2) is 60.7 Å². The number of anilines is 1. The number of nitrogen functional groups attached to an aromatic ring is 1. The van der Waals surface area contributed by atoms with Crippen LogP contribution in [0.3, 0.4) is 0 Å². The fourth-order valence-corrected chi connectivity index (χ4v) is 4.79. The van der Waals surface area contributed by atoms with E-state index in [4.69, 9.17) is 10.7 Å². The van der Waals surface area contributed by atoms with E-state index in [9.17, 15) is 4.79 Å². The van der Waals surface area contributed by atoms with Crippen molar-refractivity contribution >= 4 is 23.7 Å². The van der Waals surface area contributed by atoms with Gasteiger partial charge in [-0.3, -0.25) is 14.5 Å². The Morgan fingerprint density at radius 1 is 1.29 bits per heavy atom. The number of carbonyl (C=O) groups is 1. The number of rotatable bonds is 5. The molecule has 5 heterocycles. The lowest BCUT2D eigenvalue weighted by atomic mass is 9.72. The van der Waals surface area contributed by atoms with Crippen LogP contribution in [0.1, 0.15) is 30.9 Å². The topological polar surface area (TPSA) is 119 Å². The van der Waals surface area contributed by atoms with E-state index in [-0.39, 0.29) is 23.9 Å². The molecule has 3 fully saturated rings. The molecule has 3 aromatic rings. The number of aliphatic imine (C=N–C) groups is 1. The van der Waals surface area contributed by atoms with Crippen molar-refractivity contribution in [1.29, 1.82) is 0 Å². The summed E-state index contributed by atoms with van der Waals surface area (Å²) in [6.45, 7) is 3.84. The molecule has 3 aromatic heterocycles. The Morgan fingerprint density at radius 2 is 2.06 bits per heavy atom. The van der Waals surface area contributed by atoms with E-state index in [2.05, 4.69) is 27.1 Å². The number of hydrogen-bond acceptors (Lipinski definition) is 6. The molecule has 3 atom stereocenters. The smallest absolute Gasteiger partial charge is 0.270 e. The third-order valence-electron chi connectivity index (χ3n) is 6.26. The number of hydrogen-bond donors (Lipinski definition) is 2. The van der Waals surface area contributed by atoms with Gasteiger partial charge in [0.1, 0.15) is 5.82 Å². The number of nitrogens with one attached hydrogen (secondary N) is 1. The first-order valence-corrected chi connectivity index (χ1v) is 10.3. The van der Waals surface area contributed by atoms with E-state index in [0.29, 0.717) is 11.5 Å². The maximum atomic E-state index is 12.7. The van der Waals surface area contributed by atoms with Crippen LogP contribution in [0.2, 0.25) is 0 Å². The van der Waals surface area contributed by atoms with Crippen molar-refractivity contribution < 1.29 is 4.79 Å². The molecular formula is C21H25N9O. The molecule has 0 aromatic carbocycles. The van der Waals surface area contributed by atoms with Gasteiger partial charge in [0.25, 0.3) is 5.91 Å². The van der Waals surface area contributed by atoms with E-state index in [1.165, 1.54) is 6.34 Å². The standard InChI is InChI=1S/C21H25N9O/c1-12(24-11-23-2)21(31)29-15-4-13(5-16(29)6-15)18-7-19(22)30-20(27-18)17(9-26-30)14-8-25-28(3)10-14/h7-11,13,15-16H,1,4-6,22H2,2-3H3,(H,23,24)/t13?,15-,16+. The third-order valence-corrected chi connectivity index (χ3v) is 6.26. The lowest BCUT2D eigenvalue weighted by Crippen LogP contribution is -2.63. The minimum Gasteiger partial charge on any atom is -0.384 e. The van der Waals surface area contributed by atoms with Crippen LogP contribution in [0.5, 0.6) is 0 Å². The molecule has 6 rings (SSSR count). The largest absolute Gasteiger partial charge is 0.384 e. The molecule has 2 saturated heterocycles. The van der Waals surface area contributed by atoms with Gasteiger partial charge >= 0.3 is 0 Å². The first-order chi connectivity index (χ1) is 15.0. The van der Waals surface area contributed by atoms with Gasteiger partial charge in [-0.15, -0.1) is 0 Å². The zero-order valence-electron chi connectivity index (χ0n) is 17.6. The van der Waals surface area contributed by atoms with Crippen molar-refractivity contribution in [1.82, 2.24) is 34.6 Å². The summed E-state index contributed by atoms with van der Waals surface area (Å²) in [5, 5.41) is 11.5. The van der Waals surface area contributed by atoms with Gasteiger partial charge in [-0.2, -0.15) is 14.7 Å². The normalized spacial score (nSPS) is 22.6. The monoisotopic (exact) mass is 419 g/mol. The summed E-state index contributed by atoms with van der Waals surface area (Å²) in [6, 6.07) is 2.29. The van der Waals surface area contributed by atoms with Crippen LogP contribution in [0.25, 0.3) is 16.8 Å². The second-order valence-electron chi connectivity index (χ2n) is 8.24. The number of aryl methyl sites for hydroxylation is 1. The van der Waals surface area contributed by atoms with Gasteiger partial charge in [-0.05, 0) is 19.3 Å². The Morgan fingerprint density at radius 3 is 2.74 bits per heavy atom. The molecule has 2 aliphatic heterocycles. The molecule has 1 aliphatic carbocycles. The Hall–Kier alpha value is -3.69. The number of carbonyl (C=O) groups excluding carboxylic acids is 1. The van der Waals surface area contributed by atoms with Crippen LogP contribution < -0.4 is 11.1 Å². The van der Waals surface area contributed by atoms with Gasteiger partial charge in [-0.25, -0.2) is 4.98 Å². The summed E-state index contributed by atoms with van der Waals surface area (Å²) in [5.41, 5.74) is 10.2. The number of amides is 1.